The lowest BCUT2D eigenvalue weighted by molar-refractivity contribution is 0.679. The van der Waals surface area contributed by atoms with Gasteiger partial charge >= 0.3 is 0 Å². The molecule has 0 bridgehead atoms. The van der Waals surface area contributed by atoms with Crippen LogP contribution in [0.4, 0.5) is 0 Å². The smallest absolute Gasteiger partial charge is 0.188 e. The maximum atomic E-state index is 4.23. The van der Waals surface area contributed by atoms with Crippen LogP contribution in [0.5, 0.6) is 0 Å². The molecule has 0 atom stereocenters. The summed E-state index contributed by atoms with van der Waals surface area (Å²) in [6, 6.07) is 1.99. The molecule has 2 aromatic rings. The Labute approximate surface area is 131 Å². The van der Waals surface area contributed by atoms with Crippen molar-refractivity contribution in [3.8, 4) is 23.2 Å². The van der Waals surface area contributed by atoms with Crippen molar-refractivity contribution in [1.29, 1.82) is 0 Å². The Balaban J connectivity index is 2.05. The number of unbranched alkanes of at least 4 members (excludes halogenated alkanes) is 4. The fourth-order valence-corrected chi connectivity index (χ4v) is 2.15. The van der Waals surface area contributed by atoms with Crippen LogP contribution in [0, 0.1) is 11.8 Å². The quantitative estimate of drug-likeness (QED) is 0.522. The van der Waals surface area contributed by atoms with Gasteiger partial charge in [-0.3, -0.25) is 4.98 Å². The minimum Gasteiger partial charge on any atom is -0.305 e. The molecule has 110 valence electrons. The molecule has 2 rings (SSSR count). The lowest BCUT2D eigenvalue weighted by atomic mass is 10.1. The molecule has 0 unspecified atom stereocenters. The van der Waals surface area contributed by atoms with Crippen molar-refractivity contribution >= 4 is 12.6 Å². The summed E-state index contributed by atoms with van der Waals surface area (Å²) in [4.78, 5) is 4.23. The summed E-state index contributed by atoms with van der Waals surface area (Å²) < 4.78 is 1.82. The monoisotopic (exact) mass is 300 g/mol. The lowest BCUT2D eigenvalue weighted by Gasteiger charge is -2.01. The van der Waals surface area contributed by atoms with E-state index in [0.29, 0.717) is 5.16 Å². The molecule has 0 aromatic carbocycles. The van der Waals surface area contributed by atoms with Crippen LogP contribution in [-0.4, -0.2) is 19.7 Å². The molecule has 0 amide bonds. The molecule has 21 heavy (non-hydrogen) atoms. The van der Waals surface area contributed by atoms with E-state index in [4.69, 9.17) is 0 Å². The van der Waals surface area contributed by atoms with Gasteiger partial charge in [-0.2, -0.15) is 0 Å². The Bertz CT molecular complexity index is 652. The van der Waals surface area contributed by atoms with Gasteiger partial charge in [-0.25, -0.2) is 0 Å². The number of thiol groups is 1. The Morgan fingerprint density at radius 2 is 2.05 bits per heavy atom. The predicted octanol–water partition coefficient (Wildman–Crippen LogP) is 3.49. The van der Waals surface area contributed by atoms with E-state index in [9.17, 15) is 0 Å². The number of hydrogen-bond donors (Lipinski definition) is 1. The maximum Gasteiger partial charge on any atom is 0.188 e. The van der Waals surface area contributed by atoms with Gasteiger partial charge in [0.2, 0.25) is 0 Å². The zero-order valence-electron chi connectivity index (χ0n) is 12.5. The van der Waals surface area contributed by atoms with Crippen LogP contribution in [0.1, 0.15) is 44.6 Å². The fourth-order valence-electron chi connectivity index (χ4n) is 2.01. The number of rotatable bonds is 5. The standard InChI is InChI=1S/C16H20N4S/c1-3-4-5-6-7-8-9-13-10-14(12-17-11-13)15-18-19-16(21)20(15)2/h10-12H,3-7H2,1-2H3,(H,19,21). The molecular weight excluding hydrogens is 280 g/mol. The first-order valence-corrected chi connectivity index (χ1v) is 7.69. The number of hydrogen-bond acceptors (Lipinski definition) is 4. The topological polar surface area (TPSA) is 43.6 Å². The SMILES string of the molecule is CCCCCCC#Cc1cncc(-c2nnc(S)n2C)c1. The molecule has 0 fully saturated rings. The summed E-state index contributed by atoms with van der Waals surface area (Å²) in [6.07, 6.45) is 9.45. The lowest BCUT2D eigenvalue weighted by Crippen LogP contribution is -1.94. The Hall–Kier alpha value is -1.80. The maximum absolute atomic E-state index is 4.23. The van der Waals surface area contributed by atoms with Crippen molar-refractivity contribution in [3.05, 3.63) is 24.0 Å². The first-order valence-electron chi connectivity index (χ1n) is 7.25. The second-order valence-electron chi connectivity index (χ2n) is 4.96. The van der Waals surface area contributed by atoms with E-state index < -0.39 is 0 Å². The molecular formula is C16H20N4S. The predicted molar refractivity (Wildman–Crippen MR) is 87.1 cm³/mol. The second-order valence-corrected chi connectivity index (χ2v) is 5.36. The van der Waals surface area contributed by atoms with E-state index in [1.54, 1.807) is 12.4 Å². The highest BCUT2D eigenvalue weighted by atomic mass is 32.1. The Kier molecular flexibility index (Phi) is 5.82. The molecule has 2 aromatic heterocycles. The molecule has 0 radical (unpaired) electrons. The van der Waals surface area contributed by atoms with Crippen molar-refractivity contribution < 1.29 is 0 Å². The fraction of sp³-hybridized carbons (Fsp3) is 0.438. The summed E-state index contributed by atoms with van der Waals surface area (Å²) in [6.45, 7) is 2.21. The molecule has 0 N–H and O–H groups in total. The molecule has 4 nitrogen and oxygen atoms in total. The third kappa shape index (κ3) is 4.33. The van der Waals surface area contributed by atoms with E-state index in [-0.39, 0.29) is 0 Å². The second kappa shape index (κ2) is 7.84. The van der Waals surface area contributed by atoms with Gasteiger partial charge in [0.15, 0.2) is 11.0 Å². The Morgan fingerprint density at radius 1 is 1.19 bits per heavy atom. The number of aromatic nitrogens is 4. The van der Waals surface area contributed by atoms with Gasteiger partial charge in [-0.15, -0.1) is 22.8 Å². The summed E-state index contributed by atoms with van der Waals surface area (Å²) in [5, 5.41) is 8.63. The zero-order chi connectivity index (χ0) is 15.1. The van der Waals surface area contributed by atoms with E-state index in [1.165, 1.54) is 25.7 Å². The van der Waals surface area contributed by atoms with Gasteiger partial charge in [0.25, 0.3) is 0 Å². The Morgan fingerprint density at radius 3 is 2.76 bits per heavy atom. The van der Waals surface area contributed by atoms with Crippen LogP contribution >= 0.6 is 12.6 Å². The average Bonchev–Trinajstić information content (AvgIpc) is 2.83. The largest absolute Gasteiger partial charge is 0.305 e. The van der Waals surface area contributed by atoms with Crippen LogP contribution < -0.4 is 0 Å². The summed E-state index contributed by atoms with van der Waals surface area (Å²) in [5.74, 6) is 7.13. The molecule has 0 aliphatic heterocycles. The van der Waals surface area contributed by atoms with E-state index >= 15 is 0 Å². The summed E-state index contributed by atoms with van der Waals surface area (Å²) in [5.41, 5.74) is 1.81. The first kappa shape index (κ1) is 15.6. The highest BCUT2D eigenvalue weighted by Crippen LogP contribution is 2.18. The molecule has 0 saturated heterocycles. The van der Waals surface area contributed by atoms with Gasteiger partial charge < -0.3 is 4.57 Å². The van der Waals surface area contributed by atoms with Crippen molar-refractivity contribution in [1.82, 2.24) is 19.7 Å². The van der Waals surface area contributed by atoms with E-state index in [0.717, 1.165) is 23.4 Å². The minimum atomic E-state index is 0.581. The van der Waals surface area contributed by atoms with Gasteiger partial charge in [0.05, 0.1) is 0 Å². The van der Waals surface area contributed by atoms with Gasteiger partial charge in [-0.05, 0) is 12.5 Å². The normalized spacial score (nSPS) is 10.2. The van der Waals surface area contributed by atoms with Crippen LogP contribution in [0.2, 0.25) is 0 Å². The van der Waals surface area contributed by atoms with Crippen molar-refractivity contribution in [2.75, 3.05) is 0 Å². The van der Waals surface area contributed by atoms with Gasteiger partial charge in [0.1, 0.15) is 0 Å². The minimum absolute atomic E-state index is 0.581. The van der Waals surface area contributed by atoms with E-state index in [1.807, 2.05) is 17.7 Å². The van der Waals surface area contributed by atoms with Gasteiger partial charge in [0, 0.05) is 37.0 Å². The van der Waals surface area contributed by atoms with Crippen LogP contribution in [0.15, 0.2) is 23.6 Å². The van der Waals surface area contributed by atoms with Crippen LogP contribution in [-0.2, 0) is 7.05 Å². The average molecular weight is 300 g/mol. The zero-order valence-corrected chi connectivity index (χ0v) is 13.4. The summed E-state index contributed by atoms with van der Waals surface area (Å²) >= 11 is 4.23. The van der Waals surface area contributed by atoms with Crippen LogP contribution in [0.25, 0.3) is 11.4 Å². The van der Waals surface area contributed by atoms with Crippen molar-refractivity contribution in [2.45, 2.75) is 44.2 Å². The highest BCUT2D eigenvalue weighted by molar-refractivity contribution is 7.80. The molecule has 5 heteroatoms. The molecule has 0 saturated carbocycles. The molecule has 0 aliphatic rings. The third-order valence-electron chi connectivity index (χ3n) is 3.24. The highest BCUT2D eigenvalue weighted by Gasteiger charge is 2.08. The van der Waals surface area contributed by atoms with Crippen molar-refractivity contribution in [3.63, 3.8) is 0 Å². The van der Waals surface area contributed by atoms with Gasteiger partial charge in [-0.1, -0.05) is 38.0 Å². The third-order valence-corrected chi connectivity index (χ3v) is 3.63. The van der Waals surface area contributed by atoms with Crippen LogP contribution in [0.3, 0.4) is 0 Å². The molecule has 2 heterocycles. The molecule has 0 spiro atoms. The molecule has 0 aliphatic carbocycles. The summed E-state index contributed by atoms with van der Waals surface area (Å²) in [7, 11) is 1.88. The number of pyridine rings is 1. The van der Waals surface area contributed by atoms with E-state index in [2.05, 4.69) is 46.6 Å². The number of nitrogens with zero attached hydrogens (tertiary/aromatic N) is 4. The first-order chi connectivity index (χ1) is 10.2. The van der Waals surface area contributed by atoms with Crippen molar-refractivity contribution in [2.24, 2.45) is 7.05 Å².